The molecular weight excluding hydrogens is 555 g/mol. The monoisotopic (exact) mass is 588 g/mol. The molecule has 2 aliphatic heterocycles. The molecule has 4 heterocycles. The summed E-state index contributed by atoms with van der Waals surface area (Å²) in [5.74, 6) is 0.225. The summed E-state index contributed by atoms with van der Waals surface area (Å²) in [5.41, 5.74) is 1.65. The summed E-state index contributed by atoms with van der Waals surface area (Å²) in [7, 11) is -4.75. The number of nitrogens with one attached hydrogen (secondary N) is 2. The highest BCUT2D eigenvalue weighted by Crippen LogP contribution is 2.43. The molecule has 15 heteroatoms. The smallest absolute Gasteiger partial charge is 0.347 e. The number of urea groups is 1. The highest BCUT2D eigenvalue weighted by atomic mass is 31.2. The van der Waals surface area contributed by atoms with Crippen LogP contribution in [-0.4, -0.2) is 73.1 Å². The van der Waals surface area contributed by atoms with Crippen molar-refractivity contribution in [2.45, 2.75) is 63.4 Å². The van der Waals surface area contributed by atoms with Crippen molar-refractivity contribution < 1.29 is 37.9 Å². The molecule has 5 rings (SSSR count). The summed E-state index contributed by atoms with van der Waals surface area (Å²) in [6.07, 6.45) is 6.74. The van der Waals surface area contributed by atoms with Crippen LogP contribution in [0.4, 0.5) is 10.6 Å². The van der Waals surface area contributed by atoms with Gasteiger partial charge in [-0.05, 0) is 18.1 Å². The van der Waals surface area contributed by atoms with Gasteiger partial charge in [-0.1, -0.05) is 62.6 Å². The van der Waals surface area contributed by atoms with Gasteiger partial charge in [0, 0.05) is 6.54 Å². The number of hydrogen-bond acceptors (Lipinski definition) is 9. The summed E-state index contributed by atoms with van der Waals surface area (Å²) in [5, 5.41) is 5.54. The Morgan fingerprint density at radius 2 is 1.90 bits per heavy atom. The second-order valence-corrected chi connectivity index (χ2v) is 10.9. The number of phosphoric acid groups is 1. The second-order valence-electron chi connectivity index (χ2n) is 9.68. The summed E-state index contributed by atoms with van der Waals surface area (Å²) >= 11 is 0. The second kappa shape index (κ2) is 13.2. The van der Waals surface area contributed by atoms with Crippen LogP contribution in [0.3, 0.4) is 0 Å². The molecule has 2 saturated heterocycles. The molecule has 0 bridgehead atoms. The van der Waals surface area contributed by atoms with E-state index in [4.69, 9.17) is 18.7 Å². The largest absolute Gasteiger partial charge is 0.469 e. The normalized spacial score (nSPS) is 24.2. The molecule has 220 valence electrons. The highest BCUT2D eigenvalue weighted by molar-refractivity contribution is 7.46. The molecule has 2 aliphatic rings. The van der Waals surface area contributed by atoms with E-state index in [0.717, 1.165) is 31.2 Å². The number of imidazole rings is 1. The fourth-order valence-electron chi connectivity index (χ4n) is 4.77. The summed E-state index contributed by atoms with van der Waals surface area (Å²) in [6, 6.07) is 9.21. The van der Waals surface area contributed by atoms with Crippen molar-refractivity contribution >= 4 is 36.9 Å². The van der Waals surface area contributed by atoms with E-state index in [1.807, 2.05) is 36.4 Å². The predicted molar refractivity (Wildman–Crippen MR) is 147 cm³/mol. The number of unbranched alkanes of at least 4 members (excludes halogenated alkanes) is 3. The van der Waals surface area contributed by atoms with E-state index in [9.17, 15) is 19.1 Å². The van der Waals surface area contributed by atoms with Gasteiger partial charge in [-0.2, -0.15) is 0 Å². The lowest BCUT2D eigenvalue weighted by Gasteiger charge is -2.20. The molecule has 3 aromatic rings. The van der Waals surface area contributed by atoms with E-state index in [-0.39, 0.29) is 5.82 Å². The molecule has 0 saturated carbocycles. The Balaban J connectivity index is 1.33. The Morgan fingerprint density at radius 1 is 1.10 bits per heavy atom. The zero-order valence-electron chi connectivity index (χ0n) is 22.4. The predicted octanol–water partition coefficient (Wildman–Crippen LogP) is 3.36. The first kappa shape index (κ1) is 29.3. The summed E-state index contributed by atoms with van der Waals surface area (Å²) < 4.78 is 36.1. The molecular formula is C26H33N6O8P. The number of rotatable bonds is 12. The lowest BCUT2D eigenvalue weighted by atomic mass is 10.1. The van der Waals surface area contributed by atoms with Gasteiger partial charge < -0.3 is 29.3 Å². The molecule has 14 nitrogen and oxygen atoms in total. The van der Waals surface area contributed by atoms with Gasteiger partial charge in [0.05, 0.1) is 12.9 Å². The Bertz CT molecular complexity index is 1400. The van der Waals surface area contributed by atoms with Crippen LogP contribution in [0.1, 0.15) is 44.4 Å². The van der Waals surface area contributed by atoms with E-state index in [2.05, 4.69) is 32.5 Å². The molecule has 2 fully saturated rings. The van der Waals surface area contributed by atoms with Gasteiger partial charge in [0.15, 0.2) is 29.5 Å². The molecule has 2 amide bonds. The number of aromatic nitrogens is 4. The third-order valence-corrected chi connectivity index (χ3v) is 7.19. The molecule has 1 aromatic carbocycles. The standard InChI is InChI=1S/C26H33N6O8P/c1-2-3-4-8-13-27-26(33)31-23-20-24(29-15-28-23)32(16-30-20)25-22-21(18(38-25)14-37-41(34,35)36)39-19(40-22)12-11-17-9-6-5-7-10-17/h5-7,9-12,15-16,18-19,21-22,25H,2-4,8,13-14H2,1H3,(H2,34,35,36)(H2,27,28,29,31,33)/b12-11+/t18-,19?,21?,22+,25-/m1/s1. The lowest BCUT2D eigenvalue weighted by molar-refractivity contribution is -0.132. The Kier molecular flexibility index (Phi) is 9.40. The Hall–Kier alpha value is -3.23. The highest BCUT2D eigenvalue weighted by Gasteiger charge is 2.53. The van der Waals surface area contributed by atoms with Crippen molar-refractivity contribution in [3.63, 3.8) is 0 Å². The number of carbonyl (C=O) groups excluding carboxylic acids is 1. The topological polar surface area (TPSA) is 179 Å². The van der Waals surface area contributed by atoms with E-state index in [1.165, 1.54) is 12.7 Å². The number of hydrogen-bond donors (Lipinski definition) is 4. The van der Waals surface area contributed by atoms with Crippen molar-refractivity contribution in [3.05, 3.63) is 54.6 Å². The third-order valence-electron chi connectivity index (χ3n) is 6.70. The number of phosphoric ester groups is 1. The van der Waals surface area contributed by atoms with Crippen molar-refractivity contribution in [2.75, 3.05) is 18.5 Å². The van der Waals surface area contributed by atoms with Gasteiger partial charge in [-0.3, -0.25) is 14.4 Å². The molecule has 0 aliphatic carbocycles. The van der Waals surface area contributed by atoms with Crippen molar-refractivity contribution in [1.29, 1.82) is 0 Å². The maximum Gasteiger partial charge on any atom is 0.469 e. The van der Waals surface area contributed by atoms with Crippen LogP contribution in [0, 0.1) is 0 Å². The first-order chi connectivity index (χ1) is 19.8. The molecule has 2 aromatic heterocycles. The van der Waals surface area contributed by atoms with Crippen LogP contribution >= 0.6 is 7.82 Å². The molecule has 4 N–H and O–H groups in total. The number of amides is 2. The van der Waals surface area contributed by atoms with E-state index in [0.29, 0.717) is 17.7 Å². The van der Waals surface area contributed by atoms with Gasteiger partial charge in [0.25, 0.3) is 0 Å². The average molecular weight is 589 g/mol. The van der Waals surface area contributed by atoms with Crippen molar-refractivity contribution in [3.8, 4) is 0 Å². The van der Waals surface area contributed by atoms with Crippen LogP contribution in [0.15, 0.2) is 49.1 Å². The zero-order chi connectivity index (χ0) is 28.8. The first-order valence-corrected chi connectivity index (χ1v) is 15.0. The minimum absolute atomic E-state index is 0.225. The minimum Gasteiger partial charge on any atom is -0.347 e. The Morgan fingerprint density at radius 3 is 2.68 bits per heavy atom. The van der Waals surface area contributed by atoms with Gasteiger partial charge in [-0.25, -0.2) is 24.3 Å². The minimum atomic E-state index is -4.75. The average Bonchev–Trinajstić information content (AvgIpc) is 3.65. The summed E-state index contributed by atoms with van der Waals surface area (Å²) in [6.45, 7) is 2.25. The molecule has 2 unspecified atom stereocenters. The van der Waals surface area contributed by atoms with Crippen molar-refractivity contribution in [1.82, 2.24) is 24.8 Å². The van der Waals surface area contributed by atoms with Crippen molar-refractivity contribution in [2.24, 2.45) is 0 Å². The number of carbonyl (C=O) groups is 1. The molecule has 0 spiro atoms. The van der Waals surface area contributed by atoms with E-state index < -0.39 is 51.3 Å². The van der Waals surface area contributed by atoms with Gasteiger partial charge in [-0.15, -0.1) is 0 Å². The fourth-order valence-corrected chi connectivity index (χ4v) is 5.11. The number of ether oxygens (including phenoxy) is 3. The molecule has 5 atom stereocenters. The number of nitrogens with zero attached hydrogens (tertiary/aromatic N) is 4. The fraction of sp³-hybridized carbons (Fsp3) is 0.462. The zero-order valence-corrected chi connectivity index (χ0v) is 23.3. The lowest BCUT2D eigenvalue weighted by Crippen LogP contribution is -2.31. The number of anilines is 1. The van der Waals surface area contributed by atoms with Crippen LogP contribution in [-0.2, 0) is 23.3 Å². The van der Waals surface area contributed by atoms with Gasteiger partial charge in [0.1, 0.15) is 24.6 Å². The van der Waals surface area contributed by atoms with Crippen LogP contribution in [0.5, 0.6) is 0 Å². The maximum atomic E-state index is 12.4. The number of fused-ring (bicyclic) bond motifs is 2. The van der Waals surface area contributed by atoms with E-state index >= 15 is 0 Å². The summed E-state index contributed by atoms with van der Waals surface area (Å²) in [4.78, 5) is 43.8. The molecule has 41 heavy (non-hydrogen) atoms. The quantitative estimate of drug-likeness (QED) is 0.180. The SMILES string of the molecule is CCCCCCNC(=O)Nc1ncnc2c1ncn2[C@@H]1O[C@H](COP(=O)(O)O)C2OC(/C=C/c3ccccc3)O[C@@H]21. The van der Waals surface area contributed by atoms with Gasteiger partial charge >= 0.3 is 13.9 Å². The van der Waals surface area contributed by atoms with Crippen LogP contribution < -0.4 is 10.6 Å². The van der Waals surface area contributed by atoms with Gasteiger partial charge in [0.2, 0.25) is 0 Å². The first-order valence-electron chi connectivity index (χ1n) is 13.4. The molecule has 0 radical (unpaired) electrons. The van der Waals surface area contributed by atoms with E-state index in [1.54, 1.807) is 10.6 Å². The third kappa shape index (κ3) is 7.35. The number of benzene rings is 1. The van der Waals surface area contributed by atoms with Crippen LogP contribution in [0.2, 0.25) is 0 Å². The maximum absolute atomic E-state index is 12.4. The van der Waals surface area contributed by atoms with Crippen LogP contribution in [0.25, 0.3) is 17.2 Å². The Labute approximate surface area is 236 Å².